The van der Waals surface area contributed by atoms with Crippen molar-refractivity contribution in [3.63, 3.8) is 0 Å². The van der Waals surface area contributed by atoms with Crippen LogP contribution in [0.3, 0.4) is 0 Å². The minimum atomic E-state index is -0.0959. The minimum Gasteiger partial charge on any atom is -0.372 e. The van der Waals surface area contributed by atoms with Crippen LogP contribution in [0.25, 0.3) is 0 Å². The van der Waals surface area contributed by atoms with Crippen LogP contribution in [0.4, 0.5) is 5.82 Å². The average Bonchev–Trinajstić information content (AvgIpc) is 2.38. The zero-order chi connectivity index (χ0) is 13.5. The summed E-state index contributed by atoms with van der Waals surface area (Å²) in [6.45, 7) is 2.83. The Morgan fingerprint density at radius 2 is 2.33 bits per heavy atom. The molecular weight excluding hydrogens is 314 g/mol. The molecule has 0 aliphatic carbocycles. The van der Waals surface area contributed by atoms with Crippen LogP contribution in [-0.2, 0) is 0 Å². The number of nitrogens with one attached hydrogen (secondary N) is 2. The van der Waals surface area contributed by atoms with Crippen molar-refractivity contribution in [2.75, 3.05) is 25.2 Å². The Kier molecular flexibility index (Phi) is 6.49. The summed E-state index contributed by atoms with van der Waals surface area (Å²) < 4.78 is 0.795. The number of hydrogen-bond donors (Lipinski definition) is 2. The van der Waals surface area contributed by atoms with Gasteiger partial charge in [-0.2, -0.15) is 11.8 Å². The fourth-order valence-corrected chi connectivity index (χ4v) is 2.10. The Labute approximate surface area is 120 Å². The standard InChI is InChI=1S/C12H18BrN3OS/c1-8(18-3)4-5-15-12(17)10-6-9(13)7-16-11(10)14-2/h6-8H,4-5H2,1-3H3,(H,14,16)(H,15,17). The van der Waals surface area contributed by atoms with E-state index in [1.165, 1.54) is 0 Å². The van der Waals surface area contributed by atoms with Crippen LogP contribution in [0.5, 0.6) is 0 Å². The summed E-state index contributed by atoms with van der Waals surface area (Å²) in [5.74, 6) is 0.495. The van der Waals surface area contributed by atoms with Crippen molar-refractivity contribution >= 4 is 39.4 Å². The van der Waals surface area contributed by atoms with E-state index in [1.54, 1.807) is 31.1 Å². The van der Waals surface area contributed by atoms with E-state index < -0.39 is 0 Å². The first-order valence-corrected chi connectivity index (χ1v) is 7.80. The molecular formula is C12H18BrN3OS. The SMILES string of the molecule is CNc1ncc(Br)cc1C(=O)NCCC(C)SC. The monoisotopic (exact) mass is 331 g/mol. The molecule has 0 aromatic carbocycles. The summed E-state index contributed by atoms with van der Waals surface area (Å²) in [6.07, 6.45) is 4.70. The second-order valence-corrected chi connectivity index (χ2v) is 6.08. The number of pyridine rings is 1. The number of halogens is 1. The van der Waals surface area contributed by atoms with Gasteiger partial charge in [-0.1, -0.05) is 6.92 Å². The highest BCUT2D eigenvalue weighted by Crippen LogP contribution is 2.17. The number of rotatable bonds is 6. The van der Waals surface area contributed by atoms with E-state index in [0.29, 0.717) is 23.2 Å². The van der Waals surface area contributed by atoms with Gasteiger partial charge in [-0.25, -0.2) is 4.98 Å². The Morgan fingerprint density at radius 3 is 2.94 bits per heavy atom. The van der Waals surface area contributed by atoms with Crippen LogP contribution in [0.15, 0.2) is 16.7 Å². The molecule has 18 heavy (non-hydrogen) atoms. The van der Waals surface area contributed by atoms with Gasteiger partial charge in [0.05, 0.1) is 5.56 Å². The predicted octanol–water partition coefficient (Wildman–Crippen LogP) is 2.76. The molecule has 1 amide bonds. The molecule has 1 atom stereocenters. The number of hydrogen-bond acceptors (Lipinski definition) is 4. The molecule has 6 heteroatoms. The van der Waals surface area contributed by atoms with Crippen LogP contribution >= 0.6 is 27.7 Å². The molecule has 0 saturated carbocycles. The summed E-state index contributed by atoms with van der Waals surface area (Å²) in [5, 5.41) is 6.38. The first-order chi connectivity index (χ1) is 8.58. The third-order valence-corrected chi connectivity index (χ3v) is 4.05. The zero-order valence-electron chi connectivity index (χ0n) is 10.8. The topological polar surface area (TPSA) is 54.0 Å². The van der Waals surface area contributed by atoms with Gasteiger partial charge in [0.25, 0.3) is 5.91 Å². The predicted molar refractivity (Wildman–Crippen MR) is 81.4 cm³/mol. The molecule has 1 aromatic rings. The molecule has 0 radical (unpaired) electrons. The Bertz CT molecular complexity index is 414. The molecule has 2 N–H and O–H groups in total. The summed E-state index contributed by atoms with van der Waals surface area (Å²) >= 11 is 5.12. The fourth-order valence-electron chi connectivity index (χ4n) is 1.41. The molecule has 100 valence electrons. The molecule has 0 aliphatic rings. The summed E-state index contributed by atoms with van der Waals surface area (Å²) in [4.78, 5) is 16.2. The van der Waals surface area contributed by atoms with Gasteiger partial charge in [-0.3, -0.25) is 4.79 Å². The van der Waals surface area contributed by atoms with Gasteiger partial charge in [0.2, 0.25) is 0 Å². The van der Waals surface area contributed by atoms with Gasteiger partial charge in [0.1, 0.15) is 5.82 Å². The maximum atomic E-state index is 12.0. The lowest BCUT2D eigenvalue weighted by Crippen LogP contribution is -2.27. The van der Waals surface area contributed by atoms with E-state index in [1.807, 2.05) is 0 Å². The van der Waals surface area contributed by atoms with E-state index in [2.05, 4.69) is 44.7 Å². The van der Waals surface area contributed by atoms with Gasteiger partial charge < -0.3 is 10.6 Å². The van der Waals surface area contributed by atoms with Crippen LogP contribution in [-0.4, -0.2) is 36.0 Å². The van der Waals surface area contributed by atoms with Crippen LogP contribution in [0.2, 0.25) is 0 Å². The molecule has 1 rings (SSSR count). The summed E-state index contributed by atoms with van der Waals surface area (Å²) in [7, 11) is 1.75. The third kappa shape index (κ3) is 4.49. The van der Waals surface area contributed by atoms with E-state index >= 15 is 0 Å². The Hall–Kier alpha value is -0.750. The maximum absolute atomic E-state index is 12.0. The van der Waals surface area contributed by atoms with Crippen molar-refractivity contribution in [2.24, 2.45) is 0 Å². The van der Waals surface area contributed by atoms with Crippen molar-refractivity contribution in [1.82, 2.24) is 10.3 Å². The summed E-state index contributed by atoms with van der Waals surface area (Å²) in [6, 6.07) is 1.77. The molecule has 0 aliphatic heterocycles. The van der Waals surface area contributed by atoms with Crippen molar-refractivity contribution < 1.29 is 4.79 Å². The largest absolute Gasteiger partial charge is 0.372 e. The third-order valence-electron chi connectivity index (χ3n) is 2.57. The molecule has 0 spiro atoms. The van der Waals surface area contributed by atoms with Crippen molar-refractivity contribution in [3.05, 3.63) is 22.3 Å². The van der Waals surface area contributed by atoms with Crippen LogP contribution in [0.1, 0.15) is 23.7 Å². The highest BCUT2D eigenvalue weighted by Gasteiger charge is 2.12. The second-order valence-electron chi connectivity index (χ2n) is 3.89. The highest BCUT2D eigenvalue weighted by atomic mass is 79.9. The number of amides is 1. The van der Waals surface area contributed by atoms with Gasteiger partial charge in [-0.05, 0) is 34.7 Å². The van der Waals surface area contributed by atoms with Gasteiger partial charge >= 0.3 is 0 Å². The van der Waals surface area contributed by atoms with E-state index in [-0.39, 0.29) is 5.91 Å². The molecule has 4 nitrogen and oxygen atoms in total. The van der Waals surface area contributed by atoms with E-state index in [9.17, 15) is 4.79 Å². The molecule has 1 heterocycles. The molecule has 0 saturated heterocycles. The smallest absolute Gasteiger partial charge is 0.255 e. The van der Waals surface area contributed by atoms with Crippen LogP contribution < -0.4 is 10.6 Å². The average molecular weight is 332 g/mol. The highest BCUT2D eigenvalue weighted by molar-refractivity contribution is 9.10. The number of anilines is 1. The quantitative estimate of drug-likeness (QED) is 0.841. The fraction of sp³-hybridized carbons (Fsp3) is 0.500. The van der Waals surface area contributed by atoms with Gasteiger partial charge in [-0.15, -0.1) is 0 Å². The zero-order valence-corrected chi connectivity index (χ0v) is 13.2. The number of thioether (sulfide) groups is 1. The summed E-state index contributed by atoms with van der Waals surface area (Å²) in [5.41, 5.74) is 0.559. The number of carbonyl (C=O) groups is 1. The lowest BCUT2D eigenvalue weighted by Gasteiger charge is -2.11. The van der Waals surface area contributed by atoms with Crippen molar-refractivity contribution in [3.8, 4) is 0 Å². The first kappa shape index (κ1) is 15.3. The lowest BCUT2D eigenvalue weighted by molar-refractivity contribution is 0.0954. The lowest BCUT2D eigenvalue weighted by atomic mass is 10.2. The van der Waals surface area contributed by atoms with Gasteiger partial charge in [0.15, 0.2) is 0 Å². The Morgan fingerprint density at radius 1 is 1.61 bits per heavy atom. The van der Waals surface area contributed by atoms with Crippen molar-refractivity contribution in [2.45, 2.75) is 18.6 Å². The minimum absolute atomic E-state index is 0.0959. The number of carbonyl (C=O) groups excluding carboxylic acids is 1. The van der Waals surface area contributed by atoms with E-state index in [0.717, 1.165) is 10.9 Å². The Balaban J connectivity index is 2.63. The first-order valence-electron chi connectivity index (χ1n) is 5.72. The normalized spacial score (nSPS) is 12.0. The van der Waals surface area contributed by atoms with Gasteiger partial charge in [0, 0.05) is 29.5 Å². The van der Waals surface area contributed by atoms with Crippen molar-refractivity contribution in [1.29, 1.82) is 0 Å². The molecule has 1 unspecified atom stereocenters. The van der Waals surface area contributed by atoms with E-state index in [4.69, 9.17) is 0 Å². The molecule has 1 aromatic heterocycles. The molecule has 0 fully saturated rings. The van der Waals surface area contributed by atoms with Crippen LogP contribution in [0, 0.1) is 0 Å². The number of aromatic nitrogens is 1. The molecule has 0 bridgehead atoms. The number of nitrogens with zero attached hydrogens (tertiary/aromatic N) is 1. The maximum Gasteiger partial charge on any atom is 0.255 e. The second kappa shape index (κ2) is 7.63.